The third-order valence-electron chi connectivity index (χ3n) is 7.68. The van der Waals surface area contributed by atoms with E-state index in [-0.39, 0.29) is 26.0 Å². The average molecular weight is 604 g/mol. The number of amides is 4. The molecule has 2 aromatic carbocycles. The topological polar surface area (TPSA) is 168 Å². The summed E-state index contributed by atoms with van der Waals surface area (Å²) in [5.74, 6) is -2.27. The third kappa shape index (κ3) is 7.65. The Morgan fingerprint density at radius 2 is 1.60 bits per heavy atom. The maximum atomic E-state index is 14.2. The van der Waals surface area contributed by atoms with Gasteiger partial charge in [0.1, 0.15) is 19.2 Å². The van der Waals surface area contributed by atoms with Crippen LogP contribution in [0.1, 0.15) is 38.3 Å². The van der Waals surface area contributed by atoms with E-state index in [4.69, 9.17) is 22.1 Å². The van der Waals surface area contributed by atoms with Gasteiger partial charge in [0, 0.05) is 6.42 Å². The van der Waals surface area contributed by atoms with E-state index in [1.807, 2.05) is 6.07 Å². The second-order valence-corrected chi connectivity index (χ2v) is 12.1. The largest absolute Gasteiger partial charge is 0.445 e. The fourth-order valence-corrected chi connectivity index (χ4v) is 5.87. The van der Waals surface area contributed by atoms with Crippen LogP contribution >= 0.6 is 11.6 Å². The molecule has 0 radical (unpaired) electrons. The summed E-state index contributed by atoms with van der Waals surface area (Å²) >= 11 is 6.45. The van der Waals surface area contributed by atoms with Gasteiger partial charge in [0.05, 0.1) is 23.6 Å². The number of nitrogens with two attached hydrogens (primary N) is 1. The summed E-state index contributed by atoms with van der Waals surface area (Å²) in [5, 5.41) is 25.9. The standard InChI is InChI=1S/C30H39ClN4O7/c1-30(2,3)35(16-21(31)15-24(35)26(32)38)28(40)25(37)22(14-19-10-6-4-7-11-19)33-27(39)23(17-36)34-29(41)42-18-20-12-8-5-9-13-20/h4-13,21-25,36-37H,14-18H2,1-3H3,(H3-,32,33,34,38,39,41)/p+1/t21-,22-,23-,24-,25?,35?/m0/s1. The highest BCUT2D eigenvalue weighted by Crippen LogP contribution is 2.40. The second kappa shape index (κ2) is 14.1. The van der Waals surface area contributed by atoms with Crippen LogP contribution in [0, 0.1) is 0 Å². The quantitative estimate of drug-likeness (QED) is 0.191. The Bertz CT molecular complexity index is 1240. The molecule has 6 N–H and O–H groups in total. The Kier molecular flexibility index (Phi) is 11.1. The number of halogens is 1. The van der Waals surface area contributed by atoms with E-state index in [9.17, 15) is 29.4 Å². The van der Waals surface area contributed by atoms with Gasteiger partial charge in [-0.2, -0.15) is 0 Å². The predicted molar refractivity (Wildman–Crippen MR) is 156 cm³/mol. The molecular formula is C30H40ClN4O7+. The number of carbonyl (C=O) groups excluding carboxylic acids is 4. The van der Waals surface area contributed by atoms with Crippen molar-refractivity contribution in [2.45, 2.75) is 75.4 Å². The van der Waals surface area contributed by atoms with Crippen LogP contribution in [0.2, 0.25) is 0 Å². The van der Waals surface area contributed by atoms with Gasteiger partial charge in [-0.1, -0.05) is 60.7 Å². The maximum absolute atomic E-state index is 14.2. The lowest BCUT2D eigenvalue weighted by Gasteiger charge is -2.47. The minimum absolute atomic E-state index is 0.0335. The van der Waals surface area contributed by atoms with E-state index in [2.05, 4.69) is 10.6 Å². The summed E-state index contributed by atoms with van der Waals surface area (Å²) in [4.78, 5) is 52.4. The fourth-order valence-electron chi connectivity index (χ4n) is 5.49. The van der Waals surface area contributed by atoms with Crippen LogP contribution in [0.15, 0.2) is 60.7 Å². The molecule has 3 rings (SSSR count). The van der Waals surface area contributed by atoms with Crippen molar-refractivity contribution < 1.29 is 38.6 Å². The van der Waals surface area contributed by atoms with Gasteiger partial charge in [-0.3, -0.25) is 9.59 Å². The van der Waals surface area contributed by atoms with Gasteiger partial charge in [-0.05, 0) is 38.3 Å². The van der Waals surface area contributed by atoms with Crippen molar-refractivity contribution in [2.24, 2.45) is 5.73 Å². The van der Waals surface area contributed by atoms with Crippen LogP contribution < -0.4 is 16.4 Å². The minimum Gasteiger partial charge on any atom is -0.445 e. The molecule has 1 saturated heterocycles. The van der Waals surface area contributed by atoms with Crippen molar-refractivity contribution in [3.8, 4) is 0 Å². The highest BCUT2D eigenvalue weighted by atomic mass is 35.5. The molecule has 228 valence electrons. The number of alkyl halides is 1. The summed E-state index contributed by atoms with van der Waals surface area (Å²) in [5.41, 5.74) is 6.28. The zero-order valence-electron chi connectivity index (χ0n) is 24.0. The molecule has 0 bridgehead atoms. The van der Waals surface area contributed by atoms with Crippen LogP contribution in [0.3, 0.4) is 0 Å². The zero-order valence-corrected chi connectivity index (χ0v) is 24.8. The van der Waals surface area contributed by atoms with Gasteiger partial charge in [-0.25, -0.2) is 14.1 Å². The Hall–Kier alpha value is -3.51. The van der Waals surface area contributed by atoms with E-state index in [1.165, 1.54) is 0 Å². The number of rotatable bonds is 11. The number of aliphatic hydroxyl groups excluding tert-OH is 2. The Morgan fingerprint density at radius 1 is 1.02 bits per heavy atom. The zero-order chi connectivity index (χ0) is 31.1. The van der Waals surface area contributed by atoms with E-state index in [0.29, 0.717) is 5.56 Å². The Labute approximate surface area is 250 Å². The third-order valence-corrected chi connectivity index (χ3v) is 8.00. The van der Waals surface area contributed by atoms with E-state index in [0.717, 1.165) is 5.56 Å². The smallest absolute Gasteiger partial charge is 0.408 e. The average Bonchev–Trinajstić information content (AvgIpc) is 3.33. The molecule has 0 aromatic heterocycles. The molecule has 1 fully saturated rings. The molecule has 12 heteroatoms. The van der Waals surface area contributed by atoms with E-state index < -0.39 is 70.1 Å². The number of ether oxygens (including phenoxy) is 1. The lowest BCUT2D eigenvalue weighted by Crippen LogP contribution is -2.73. The molecule has 1 aliphatic heterocycles. The van der Waals surface area contributed by atoms with Gasteiger partial charge in [0.25, 0.3) is 5.91 Å². The number of likely N-dealkylation sites (tertiary alicyclic amines) is 1. The summed E-state index contributed by atoms with van der Waals surface area (Å²) < 4.78 is 4.66. The first-order chi connectivity index (χ1) is 19.8. The normalized spacial score (nSPS) is 22.4. The molecule has 2 aromatic rings. The summed E-state index contributed by atoms with van der Waals surface area (Å²) in [6.45, 7) is 4.54. The number of nitrogens with one attached hydrogen (secondary N) is 2. The van der Waals surface area contributed by atoms with Crippen LogP contribution in [-0.4, -0.2) is 86.8 Å². The highest BCUT2D eigenvalue weighted by Gasteiger charge is 2.62. The van der Waals surface area contributed by atoms with Gasteiger partial charge in [0.2, 0.25) is 5.91 Å². The number of benzene rings is 2. The van der Waals surface area contributed by atoms with Gasteiger partial charge in [0.15, 0.2) is 12.1 Å². The monoisotopic (exact) mass is 603 g/mol. The number of nitrogens with zero attached hydrogens (tertiary/aromatic N) is 1. The van der Waals surface area contributed by atoms with Crippen molar-refractivity contribution in [2.75, 3.05) is 13.2 Å². The van der Waals surface area contributed by atoms with Crippen molar-refractivity contribution >= 4 is 35.4 Å². The predicted octanol–water partition coefficient (Wildman–Crippen LogP) is 1.37. The van der Waals surface area contributed by atoms with Crippen molar-refractivity contribution in [1.82, 2.24) is 10.6 Å². The molecule has 1 aliphatic rings. The molecule has 0 saturated carbocycles. The van der Waals surface area contributed by atoms with Crippen molar-refractivity contribution in [3.05, 3.63) is 71.8 Å². The molecule has 42 heavy (non-hydrogen) atoms. The lowest BCUT2D eigenvalue weighted by molar-refractivity contribution is -0.904. The minimum atomic E-state index is -1.79. The van der Waals surface area contributed by atoms with Crippen molar-refractivity contribution in [1.29, 1.82) is 0 Å². The molecule has 0 aliphatic carbocycles. The molecule has 11 nitrogen and oxygen atoms in total. The number of primary amides is 1. The van der Waals surface area contributed by atoms with E-state index in [1.54, 1.807) is 75.4 Å². The summed E-state index contributed by atoms with van der Waals surface area (Å²) in [6.07, 6.45) is -2.53. The van der Waals surface area contributed by atoms with Crippen molar-refractivity contribution in [3.63, 3.8) is 0 Å². The summed E-state index contributed by atoms with van der Waals surface area (Å²) in [7, 11) is 0. The van der Waals surface area contributed by atoms with E-state index >= 15 is 0 Å². The van der Waals surface area contributed by atoms with Gasteiger partial charge < -0.3 is 31.3 Å². The van der Waals surface area contributed by atoms with Gasteiger partial charge in [-0.15, -0.1) is 11.6 Å². The fraction of sp³-hybridized carbons (Fsp3) is 0.467. The molecule has 2 unspecified atom stereocenters. The number of hydrogen-bond donors (Lipinski definition) is 5. The first kappa shape index (κ1) is 33.0. The van der Waals surface area contributed by atoms with Crippen LogP contribution in [0.5, 0.6) is 0 Å². The van der Waals surface area contributed by atoms with Gasteiger partial charge >= 0.3 is 12.0 Å². The SMILES string of the molecule is CC(C)(C)[N+]1(C(=O)C(O)[C@H](Cc2ccccc2)NC(=O)[C@H](CO)NC(=O)OCc2ccccc2)C[C@@H](Cl)C[C@H]1C(N)=O. The number of aliphatic hydroxyl groups is 2. The molecular weight excluding hydrogens is 564 g/mol. The molecule has 6 atom stereocenters. The van der Waals surface area contributed by atoms with Crippen LogP contribution in [0.4, 0.5) is 4.79 Å². The number of hydrogen-bond acceptors (Lipinski definition) is 7. The lowest BCUT2D eigenvalue weighted by atomic mass is 9.93. The first-order valence-corrected chi connectivity index (χ1v) is 14.2. The first-order valence-electron chi connectivity index (χ1n) is 13.8. The van der Waals surface area contributed by atoms with Crippen LogP contribution in [-0.2, 0) is 32.1 Å². The number of quaternary nitrogens is 1. The molecule has 4 amide bonds. The summed E-state index contributed by atoms with van der Waals surface area (Å²) in [6, 6.07) is 14.2. The Balaban J connectivity index is 1.84. The number of alkyl carbamates (subject to hydrolysis) is 1. The second-order valence-electron chi connectivity index (χ2n) is 11.5. The number of carbonyl (C=O) groups is 4. The Morgan fingerprint density at radius 3 is 2.12 bits per heavy atom. The maximum Gasteiger partial charge on any atom is 0.408 e. The molecule has 1 heterocycles. The molecule has 0 spiro atoms. The van der Waals surface area contributed by atoms with Crippen LogP contribution in [0.25, 0.3) is 0 Å². The highest BCUT2D eigenvalue weighted by molar-refractivity contribution is 6.21.